The maximum absolute atomic E-state index is 11.7. The van der Waals surface area contributed by atoms with Gasteiger partial charge in [0.05, 0.1) is 18.4 Å². The van der Waals surface area contributed by atoms with E-state index in [0.29, 0.717) is 18.7 Å². The number of benzene rings is 1. The summed E-state index contributed by atoms with van der Waals surface area (Å²) in [5, 5.41) is 9.17. The number of anilines is 1. The predicted octanol–water partition coefficient (Wildman–Crippen LogP) is 1.53. The van der Waals surface area contributed by atoms with E-state index >= 15 is 0 Å². The van der Waals surface area contributed by atoms with E-state index in [1.807, 2.05) is 4.90 Å². The van der Waals surface area contributed by atoms with Crippen LogP contribution in [0.5, 0.6) is 0 Å². The van der Waals surface area contributed by atoms with Gasteiger partial charge in [-0.2, -0.15) is 0 Å². The van der Waals surface area contributed by atoms with Gasteiger partial charge in [0, 0.05) is 6.54 Å². The molecule has 1 aliphatic rings. The molecule has 96 valence electrons. The Morgan fingerprint density at radius 1 is 1.39 bits per heavy atom. The lowest BCUT2D eigenvalue weighted by atomic mass is 10.1. The Hall–Kier alpha value is -2.04. The first-order valence-electron chi connectivity index (χ1n) is 5.82. The van der Waals surface area contributed by atoms with Gasteiger partial charge in [0.15, 0.2) is 0 Å². The quantitative estimate of drug-likeness (QED) is 0.823. The van der Waals surface area contributed by atoms with Crippen LogP contribution in [0, 0.1) is 0 Å². The SMILES string of the molecule is COC(=O)[C@@H]1CCCN1c1ccccc1C(=O)O. The van der Waals surface area contributed by atoms with Crippen LogP contribution in [0.1, 0.15) is 23.2 Å². The summed E-state index contributed by atoms with van der Waals surface area (Å²) in [6.07, 6.45) is 1.55. The highest BCUT2D eigenvalue weighted by Crippen LogP contribution is 2.29. The fourth-order valence-corrected chi connectivity index (χ4v) is 2.34. The molecule has 2 rings (SSSR count). The molecule has 0 unspecified atom stereocenters. The number of carbonyl (C=O) groups excluding carboxylic acids is 1. The highest BCUT2D eigenvalue weighted by atomic mass is 16.5. The van der Waals surface area contributed by atoms with E-state index in [0.717, 1.165) is 6.42 Å². The fourth-order valence-electron chi connectivity index (χ4n) is 2.34. The standard InChI is InChI=1S/C13H15NO4/c1-18-13(17)11-7-4-8-14(11)10-6-3-2-5-9(10)12(15)16/h2-3,5-6,11H,4,7-8H2,1H3,(H,15,16)/t11-/m0/s1. The molecule has 1 aliphatic heterocycles. The number of para-hydroxylation sites is 1. The fraction of sp³-hybridized carbons (Fsp3) is 0.385. The van der Waals surface area contributed by atoms with Crippen LogP contribution in [0.4, 0.5) is 5.69 Å². The zero-order valence-electron chi connectivity index (χ0n) is 10.1. The van der Waals surface area contributed by atoms with Crippen molar-refractivity contribution >= 4 is 17.6 Å². The Morgan fingerprint density at radius 2 is 2.11 bits per heavy atom. The molecule has 1 aromatic carbocycles. The lowest BCUT2D eigenvalue weighted by Gasteiger charge is -2.26. The molecular formula is C13H15NO4. The third-order valence-electron chi connectivity index (χ3n) is 3.17. The number of carbonyl (C=O) groups is 2. The Labute approximate surface area is 105 Å². The normalized spacial score (nSPS) is 18.7. The number of esters is 1. The van der Waals surface area contributed by atoms with Crippen LogP contribution < -0.4 is 4.90 Å². The summed E-state index contributed by atoms with van der Waals surface area (Å²) in [5.74, 6) is -1.30. The second-order valence-electron chi connectivity index (χ2n) is 4.20. The molecule has 1 fully saturated rings. The number of rotatable bonds is 3. The van der Waals surface area contributed by atoms with E-state index in [1.54, 1.807) is 24.3 Å². The van der Waals surface area contributed by atoms with Gasteiger partial charge in [0.25, 0.3) is 0 Å². The van der Waals surface area contributed by atoms with Crippen molar-refractivity contribution in [3.05, 3.63) is 29.8 Å². The van der Waals surface area contributed by atoms with Crippen LogP contribution in [0.15, 0.2) is 24.3 Å². The molecule has 1 saturated heterocycles. The smallest absolute Gasteiger partial charge is 0.337 e. The van der Waals surface area contributed by atoms with Crippen LogP contribution in [-0.2, 0) is 9.53 Å². The Kier molecular flexibility index (Phi) is 3.50. The molecule has 0 bridgehead atoms. The number of methoxy groups -OCH3 is 1. The Morgan fingerprint density at radius 3 is 2.78 bits per heavy atom. The van der Waals surface area contributed by atoms with Crippen molar-refractivity contribution in [2.24, 2.45) is 0 Å². The first-order chi connectivity index (χ1) is 8.65. The summed E-state index contributed by atoms with van der Waals surface area (Å²) in [7, 11) is 1.35. The van der Waals surface area contributed by atoms with Gasteiger partial charge < -0.3 is 14.7 Å². The van der Waals surface area contributed by atoms with E-state index in [2.05, 4.69) is 0 Å². The third kappa shape index (κ3) is 2.16. The van der Waals surface area contributed by atoms with Crippen LogP contribution in [-0.4, -0.2) is 36.7 Å². The molecule has 5 nitrogen and oxygen atoms in total. The monoisotopic (exact) mass is 249 g/mol. The molecule has 0 saturated carbocycles. The summed E-state index contributed by atoms with van der Waals surface area (Å²) in [4.78, 5) is 24.7. The van der Waals surface area contributed by atoms with Gasteiger partial charge in [-0.05, 0) is 25.0 Å². The number of nitrogens with zero attached hydrogens (tertiary/aromatic N) is 1. The van der Waals surface area contributed by atoms with Gasteiger partial charge >= 0.3 is 11.9 Å². The molecule has 1 N–H and O–H groups in total. The molecule has 0 radical (unpaired) electrons. The predicted molar refractivity (Wildman–Crippen MR) is 65.8 cm³/mol. The molecule has 18 heavy (non-hydrogen) atoms. The van der Waals surface area contributed by atoms with Crippen molar-refractivity contribution in [2.75, 3.05) is 18.6 Å². The molecule has 0 spiro atoms. The number of hydrogen-bond donors (Lipinski definition) is 1. The minimum Gasteiger partial charge on any atom is -0.478 e. The number of aromatic carboxylic acids is 1. The van der Waals surface area contributed by atoms with Crippen molar-refractivity contribution in [1.29, 1.82) is 0 Å². The topological polar surface area (TPSA) is 66.8 Å². The van der Waals surface area contributed by atoms with E-state index in [4.69, 9.17) is 9.84 Å². The zero-order valence-corrected chi connectivity index (χ0v) is 10.1. The molecule has 5 heteroatoms. The molecule has 1 atom stereocenters. The summed E-state index contributed by atoms with van der Waals surface area (Å²) in [5.41, 5.74) is 0.797. The van der Waals surface area contributed by atoms with Crippen molar-refractivity contribution in [3.8, 4) is 0 Å². The highest BCUT2D eigenvalue weighted by Gasteiger charge is 2.33. The largest absolute Gasteiger partial charge is 0.478 e. The number of hydrogen-bond acceptors (Lipinski definition) is 4. The van der Waals surface area contributed by atoms with Crippen LogP contribution in [0.3, 0.4) is 0 Å². The van der Waals surface area contributed by atoms with Gasteiger partial charge in [0.2, 0.25) is 0 Å². The second kappa shape index (κ2) is 5.08. The minimum atomic E-state index is -0.985. The van der Waals surface area contributed by atoms with Gasteiger partial charge in [-0.1, -0.05) is 12.1 Å². The molecule has 0 aliphatic carbocycles. The van der Waals surface area contributed by atoms with E-state index in [1.165, 1.54) is 7.11 Å². The van der Waals surface area contributed by atoms with Crippen molar-refractivity contribution in [3.63, 3.8) is 0 Å². The van der Waals surface area contributed by atoms with Crippen molar-refractivity contribution in [1.82, 2.24) is 0 Å². The maximum Gasteiger partial charge on any atom is 0.337 e. The maximum atomic E-state index is 11.7. The third-order valence-corrected chi connectivity index (χ3v) is 3.17. The summed E-state index contributed by atoms with van der Waals surface area (Å²) in [6, 6.07) is 6.34. The van der Waals surface area contributed by atoms with Gasteiger partial charge in [-0.25, -0.2) is 9.59 Å². The first kappa shape index (κ1) is 12.4. The molecule has 1 aromatic rings. The molecule has 1 heterocycles. The van der Waals surface area contributed by atoms with Crippen LogP contribution in [0.25, 0.3) is 0 Å². The van der Waals surface area contributed by atoms with Crippen LogP contribution in [0.2, 0.25) is 0 Å². The Balaban J connectivity index is 2.36. The second-order valence-corrected chi connectivity index (χ2v) is 4.20. The first-order valence-corrected chi connectivity index (χ1v) is 5.82. The van der Waals surface area contributed by atoms with Gasteiger partial charge in [0.1, 0.15) is 6.04 Å². The van der Waals surface area contributed by atoms with Crippen molar-refractivity contribution in [2.45, 2.75) is 18.9 Å². The minimum absolute atomic E-state index is 0.216. The lowest BCUT2D eigenvalue weighted by molar-refractivity contribution is -0.141. The summed E-state index contributed by atoms with van der Waals surface area (Å²) < 4.78 is 4.76. The van der Waals surface area contributed by atoms with Gasteiger partial charge in [-0.15, -0.1) is 0 Å². The average molecular weight is 249 g/mol. The van der Waals surface area contributed by atoms with E-state index in [-0.39, 0.29) is 17.6 Å². The van der Waals surface area contributed by atoms with Crippen LogP contribution >= 0.6 is 0 Å². The number of ether oxygens (including phenoxy) is 1. The average Bonchev–Trinajstić information content (AvgIpc) is 2.86. The van der Waals surface area contributed by atoms with E-state index in [9.17, 15) is 9.59 Å². The number of carboxylic acids is 1. The highest BCUT2D eigenvalue weighted by molar-refractivity contribution is 5.95. The summed E-state index contributed by atoms with van der Waals surface area (Å²) in [6.45, 7) is 0.671. The zero-order chi connectivity index (χ0) is 13.1. The van der Waals surface area contributed by atoms with Crippen molar-refractivity contribution < 1.29 is 19.4 Å². The molecule has 0 amide bonds. The molecular weight excluding hydrogens is 234 g/mol. The summed E-state index contributed by atoms with van der Waals surface area (Å²) >= 11 is 0. The lowest BCUT2D eigenvalue weighted by Crippen LogP contribution is -2.37. The van der Waals surface area contributed by atoms with Gasteiger partial charge in [-0.3, -0.25) is 0 Å². The number of carboxylic acid groups (broad SMARTS) is 1. The van der Waals surface area contributed by atoms with E-state index < -0.39 is 5.97 Å². The molecule has 0 aromatic heterocycles. The Bertz CT molecular complexity index is 472.